The predicted octanol–water partition coefficient (Wildman–Crippen LogP) is 3.53. The average Bonchev–Trinajstić information content (AvgIpc) is 2.37. The van der Waals surface area contributed by atoms with E-state index >= 15 is 0 Å². The third kappa shape index (κ3) is 5.50. The number of hydrogen-bond donors (Lipinski definition) is 0. The van der Waals surface area contributed by atoms with Crippen LogP contribution in [0.5, 0.6) is 5.75 Å². The highest BCUT2D eigenvalue weighted by Gasteiger charge is 1.93. The van der Waals surface area contributed by atoms with Gasteiger partial charge in [0.2, 0.25) is 0 Å². The molecule has 0 aliphatic carbocycles. The molecule has 0 aromatic heterocycles. The van der Waals surface area contributed by atoms with Crippen LogP contribution >= 0.6 is 0 Å². The summed E-state index contributed by atoms with van der Waals surface area (Å²) < 4.78 is 5.51. The third-order valence-electron chi connectivity index (χ3n) is 1.94. The van der Waals surface area contributed by atoms with Gasteiger partial charge in [-0.05, 0) is 30.2 Å². The molecule has 0 unspecified atom stereocenters. The highest BCUT2D eigenvalue weighted by molar-refractivity contribution is 5.39. The van der Waals surface area contributed by atoms with Crippen LogP contribution in [0.4, 0.5) is 0 Å². The highest BCUT2D eigenvalue weighted by Crippen LogP contribution is 2.12. The van der Waals surface area contributed by atoms with Crippen LogP contribution in [0.15, 0.2) is 29.4 Å². The summed E-state index contributed by atoms with van der Waals surface area (Å²) in [5, 5.41) is 3.41. The van der Waals surface area contributed by atoms with Gasteiger partial charge in [-0.3, -0.25) is 0 Å². The number of ether oxygens (including phenoxy) is 1. The van der Waals surface area contributed by atoms with Crippen molar-refractivity contribution in [2.75, 3.05) is 13.2 Å². The predicted molar refractivity (Wildman–Crippen MR) is 67.7 cm³/mol. The molecule has 4 heteroatoms. The molecule has 0 radical (unpaired) electrons. The molecular formula is C13H15N3O. The summed E-state index contributed by atoms with van der Waals surface area (Å²) in [6, 6.07) is 7.68. The first kappa shape index (κ1) is 13.0. The van der Waals surface area contributed by atoms with Crippen molar-refractivity contribution in [3.05, 3.63) is 40.3 Å². The lowest BCUT2D eigenvalue weighted by Crippen LogP contribution is -1.94. The van der Waals surface area contributed by atoms with E-state index < -0.39 is 0 Å². The van der Waals surface area contributed by atoms with Gasteiger partial charge in [0.25, 0.3) is 0 Å². The Balaban J connectivity index is 2.55. The minimum absolute atomic E-state index is 0.412. The largest absolute Gasteiger partial charge is 0.494 e. The Morgan fingerprint density at radius 2 is 2.35 bits per heavy atom. The summed E-state index contributed by atoms with van der Waals surface area (Å²) in [6.07, 6.45) is 1.56. The van der Waals surface area contributed by atoms with Gasteiger partial charge < -0.3 is 4.74 Å². The fourth-order valence-corrected chi connectivity index (χ4v) is 1.20. The molecule has 4 nitrogen and oxygen atoms in total. The molecule has 0 amide bonds. The molecule has 1 aromatic rings. The normalized spacial score (nSPS) is 8.76. The molecule has 0 aliphatic heterocycles. The van der Waals surface area contributed by atoms with Gasteiger partial charge in [0.05, 0.1) is 6.61 Å². The second-order valence-electron chi connectivity index (χ2n) is 3.38. The molecule has 0 saturated heterocycles. The minimum Gasteiger partial charge on any atom is -0.494 e. The molecule has 0 atom stereocenters. The molecular weight excluding hydrogens is 214 g/mol. The summed E-state index contributed by atoms with van der Waals surface area (Å²) in [7, 11) is 0. The topological polar surface area (TPSA) is 58.0 Å². The van der Waals surface area contributed by atoms with E-state index in [1.54, 1.807) is 0 Å². The van der Waals surface area contributed by atoms with Crippen molar-refractivity contribution in [1.82, 2.24) is 0 Å². The van der Waals surface area contributed by atoms with E-state index in [0.29, 0.717) is 19.6 Å². The molecule has 0 saturated carbocycles. The molecule has 0 N–H and O–H groups in total. The van der Waals surface area contributed by atoms with E-state index in [4.69, 9.17) is 10.3 Å². The van der Waals surface area contributed by atoms with Crippen molar-refractivity contribution in [3.63, 3.8) is 0 Å². The van der Waals surface area contributed by atoms with Crippen molar-refractivity contribution in [2.45, 2.75) is 19.8 Å². The molecule has 0 bridgehead atoms. The first-order chi connectivity index (χ1) is 8.36. The number of nitrogens with zero attached hydrogens (tertiary/aromatic N) is 3. The lowest BCUT2D eigenvalue weighted by Gasteiger charge is -2.03. The lowest BCUT2D eigenvalue weighted by atomic mass is 10.2. The summed E-state index contributed by atoms with van der Waals surface area (Å²) in [5.41, 5.74) is 9.01. The highest BCUT2D eigenvalue weighted by atomic mass is 16.5. The van der Waals surface area contributed by atoms with E-state index in [1.165, 1.54) is 0 Å². The van der Waals surface area contributed by atoms with Crippen molar-refractivity contribution in [3.8, 4) is 17.6 Å². The lowest BCUT2D eigenvalue weighted by molar-refractivity contribution is 0.317. The van der Waals surface area contributed by atoms with Crippen LogP contribution in [-0.2, 0) is 0 Å². The molecule has 88 valence electrons. The summed E-state index contributed by atoms with van der Waals surface area (Å²) >= 11 is 0. The molecule has 0 spiro atoms. The Bertz CT molecular complexity index is 453. The number of rotatable bonds is 5. The van der Waals surface area contributed by atoms with Gasteiger partial charge in [0.1, 0.15) is 5.75 Å². The zero-order valence-corrected chi connectivity index (χ0v) is 9.89. The molecule has 1 rings (SSSR count). The minimum atomic E-state index is 0.412. The van der Waals surface area contributed by atoms with E-state index in [9.17, 15) is 0 Å². The van der Waals surface area contributed by atoms with E-state index in [0.717, 1.165) is 17.7 Å². The first-order valence-corrected chi connectivity index (χ1v) is 5.59. The zero-order valence-electron chi connectivity index (χ0n) is 9.89. The van der Waals surface area contributed by atoms with Crippen LogP contribution in [0.2, 0.25) is 0 Å². The monoisotopic (exact) mass is 229 g/mol. The van der Waals surface area contributed by atoms with E-state index in [1.807, 2.05) is 24.3 Å². The number of benzene rings is 1. The van der Waals surface area contributed by atoms with Crippen LogP contribution in [0, 0.1) is 11.8 Å². The second kappa shape index (κ2) is 8.09. The maximum atomic E-state index is 8.10. The van der Waals surface area contributed by atoms with Gasteiger partial charge in [-0.15, -0.1) is 0 Å². The fourth-order valence-electron chi connectivity index (χ4n) is 1.20. The van der Waals surface area contributed by atoms with Crippen LogP contribution < -0.4 is 4.74 Å². The first-order valence-electron chi connectivity index (χ1n) is 5.59. The van der Waals surface area contributed by atoms with Gasteiger partial charge in [-0.25, -0.2) is 0 Å². The smallest absolute Gasteiger partial charge is 0.120 e. The Hall–Kier alpha value is -2.11. The summed E-state index contributed by atoms with van der Waals surface area (Å²) in [5.74, 6) is 6.80. The zero-order chi connectivity index (χ0) is 12.3. The Labute approximate surface area is 101 Å². The van der Waals surface area contributed by atoms with Gasteiger partial charge >= 0.3 is 0 Å². The number of hydrogen-bond acceptors (Lipinski definition) is 2. The Morgan fingerprint density at radius 1 is 1.47 bits per heavy atom. The average molecular weight is 229 g/mol. The maximum Gasteiger partial charge on any atom is 0.120 e. The molecule has 0 fully saturated rings. The quantitative estimate of drug-likeness (QED) is 0.250. The van der Waals surface area contributed by atoms with Crippen molar-refractivity contribution in [2.24, 2.45) is 5.11 Å². The molecule has 0 heterocycles. The SMILES string of the molecule is CCCOc1cccc(C#CCCN=[N+]=[N-])c1. The Morgan fingerprint density at radius 3 is 3.12 bits per heavy atom. The molecule has 1 aromatic carbocycles. The standard InChI is InChI=1S/C13H15N3O/c1-2-10-17-13-8-5-7-12(11-13)6-3-4-9-15-16-14/h5,7-8,11H,2,4,9-10H2,1H3. The summed E-state index contributed by atoms with van der Waals surface area (Å²) in [6.45, 7) is 3.20. The molecule has 0 aliphatic rings. The van der Waals surface area contributed by atoms with E-state index in [-0.39, 0.29) is 0 Å². The number of azide groups is 1. The fraction of sp³-hybridized carbons (Fsp3) is 0.385. The van der Waals surface area contributed by atoms with E-state index in [2.05, 4.69) is 28.8 Å². The van der Waals surface area contributed by atoms with Crippen molar-refractivity contribution >= 4 is 0 Å². The van der Waals surface area contributed by atoms with Crippen LogP contribution in [0.3, 0.4) is 0 Å². The second-order valence-corrected chi connectivity index (χ2v) is 3.38. The maximum absolute atomic E-state index is 8.10. The van der Waals surface area contributed by atoms with Crippen LogP contribution in [-0.4, -0.2) is 13.2 Å². The third-order valence-corrected chi connectivity index (χ3v) is 1.94. The van der Waals surface area contributed by atoms with Crippen molar-refractivity contribution in [1.29, 1.82) is 0 Å². The van der Waals surface area contributed by atoms with Gasteiger partial charge in [0, 0.05) is 23.4 Å². The summed E-state index contributed by atoms with van der Waals surface area (Å²) in [4.78, 5) is 2.67. The Kier molecular flexibility index (Phi) is 6.17. The van der Waals surface area contributed by atoms with Gasteiger partial charge in [0.15, 0.2) is 0 Å². The van der Waals surface area contributed by atoms with Crippen molar-refractivity contribution < 1.29 is 4.74 Å². The van der Waals surface area contributed by atoms with Crippen LogP contribution in [0.1, 0.15) is 25.3 Å². The van der Waals surface area contributed by atoms with Gasteiger partial charge in [-0.2, -0.15) is 0 Å². The van der Waals surface area contributed by atoms with Crippen LogP contribution in [0.25, 0.3) is 10.4 Å². The molecule has 17 heavy (non-hydrogen) atoms. The van der Waals surface area contributed by atoms with Gasteiger partial charge in [-0.1, -0.05) is 29.9 Å².